The first-order valence-electron chi connectivity index (χ1n) is 5.61. The molecule has 0 aliphatic rings. The van der Waals surface area contributed by atoms with E-state index in [1.54, 1.807) is 0 Å². The minimum absolute atomic E-state index is 0.0310. The monoisotopic (exact) mass is 265 g/mol. The average Bonchev–Trinajstić information content (AvgIpc) is 2.35. The van der Waals surface area contributed by atoms with Crippen LogP contribution < -0.4 is 10.1 Å². The Balaban J connectivity index is 3.32. The van der Waals surface area contributed by atoms with Gasteiger partial charge in [-0.2, -0.15) is 5.26 Å². The molecular formula is C12H15N3O4. The zero-order chi connectivity index (χ0) is 14.6. The topological polar surface area (TPSA) is 108 Å². The van der Waals surface area contributed by atoms with E-state index in [0.29, 0.717) is 5.56 Å². The maximum absolute atomic E-state index is 10.9. The van der Waals surface area contributed by atoms with Crippen molar-refractivity contribution in [1.29, 1.82) is 5.26 Å². The number of hydrogen-bond donors (Lipinski definition) is 2. The van der Waals surface area contributed by atoms with Crippen molar-refractivity contribution >= 4 is 5.69 Å². The molecule has 0 amide bonds. The summed E-state index contributed by atoms with van der Waals surface area (Å²) in [5.74, 6) is -0.576. The zero-order valence-corrected chi connectivity index (χ0v) is 10.9. The van der Waals surface area contributed by atoms with Gasteiger partial charge in [-0.05, 0) is 25.5 Å². The van der Waals surface area contributed by atoms with Gasteiger partial charge in [0.2, 0.25) is 5.75 Å². The van der Waals surface area contributed by atoms with Crippen LogP contribution in [0.4, 0.5) is 5.69 Å². The first-order chi connectivity index (χ1) is 8.90. The van der Waals surface area contributed by atoms with Gasteiger partial charge in [0.1, 0.15) is 6.04 Å². The van der Waals surface area contributed by atoms with Crippen LogP contribution in [-0.2, 0) is 0 Å². The van der Waals surface area contributed by atoms with Gasteiger partial charge in [-0.15, -0.1) is 0 Å². The van der Waals surface area contributed by atoms with E-state index in [1.165, 1.54) is 19.2 Å². The van der Waals surface area contributed by atoms with Crippen LogP contribution in [0.25, 0.3) is 0 Å². The third kappa shape index (κ3) is 3.33. The lowest BCUT2D eigenvalue weighted by Gasteiger charge is -2.16. The fourth-order valence-electron chi connectivity index (χ4n) is 1.62. The Morgan fingerprint density at radius 1 is 1.53 bits per heavy atom. The molecule has 1 aromatic carbocycles. The largest absolute Gasteiger partial charge is 0.500 e. The predicted octanol–water partition coefficient (Wildman–Crippen LogP) is 1.87. The summed E-state index contributed by atoms with van der Waals surface area (Å²) in [4.78, 5) is 10.1. The number of nitro benzene ring substituents is 1. The SMILES string of the molecule is COc1cc(C(C#N)NC(C)C)cc([N+](=O)[O-])c1O. The third-order valence-corrected chi connectivity index (χ3v) is 2.46. The van der Waals surface area contributed by atoms with Crippen molar-refractivity contribution in [2.24, 2.45) is 0 Å². The fraction of sp³-hybridized carbons (Fsp3) is 0.417. The maximum atomic E-state index is 10.9. The van der Waals surface area contributed by atoms with Crippen molar-refractivity contribution < 1.29 is 14.8 Å². The lowest BCUT2D eigenvalue weighted by Crippen LogP contribution is -2.27. The molecular weight excluding hydrogens is 250 g/mol. The highest BCUT2D eigenvalue weighted by atomic mass is 16.6. The van der Waals surface area contributed by atoms with Crippen LogP contribution in [0.5, 0.6) is 11.5 Å². The smallest absolute Gasteiger partial charge is 0.315 e. The number of nitriles is 1. The Morgan fingerprint density at radius 3 is 2.58 bits per heavy atom. The first kappa shape index (κ1) is 14.7. The second-order valence-electron chi connectivity index (χ2n) is 4.23. The summed E-state index contributed by atoms with van der Waals surface area (Å²) in [6.45, 7) is 3.72. The predicted molar refractivity (Wildman–Crippen MR) is 67.9 cm³/mol. The van der Waals surface area contributed by atoms with Gasteiger partial charge in [0.15, 0.2) is 5.75 Å². The summed E-state index contributed by atoms with van der Waals surface area (Å²) in [7, 11) is 1.29. The number of aromatic hydroxyl groups is 1. The highest BCUT2D eigenvalue weighted by Gasteiger charge is 2.23. The van der Waals surface area contributed by atoms with E-state index < -0.39 is 22.4 Å². The number of ether oxygens (including phenoxy) is 1. The Hall–Kier alpha value is -2.33. The second-order valence-corrected chi connectivity index (χ2v) is 4.23. The number of phenolic OH excluding ortho intramolecular Hbond substituents is 1. The Morgan fingerprint density at radius 2 is 2.16 bits per heavy atom. The quantitative estimate of drug-likeness (QED) is 0.621. The molecule has 0 saturated carbocycles. The number of methoxy groups -OCH3 is 1. The molecule has 0 radical (unpaired) electrons. The molecule has 7 heteroatoms. The summed E-state index contributed by atoms with van der Waals surface area (Å²) in [6, 6.07) is 3.91. The van der Waals surface area contributed by atoms with E-state index in [9.17, 15) is 15.2 Å². The number of benzene rings is 1. The van der Waals surface area contributed by atoms with Gasteiger partial charge in [-0.3, -0.25) is 15.4 Å². The molecule has 1 aromatic rings. The fourth-order valence-corrected chi connectivity index (χ4v) is 1.62. The Bertz CT molecular complexity index is 522. The highest BCUT2D eigenvalue weighted by Crippen LogP contribution is 2.38. The second kappa shape index (κ2) is 6.02. The molecule has 0 bridgehead atoms. The minimum Gasteiger partial charge on any atom is -0.500 e. The standard InChI is InChI=1S/C12H15N3O4/c1-7(2)14-9(6-13)8-4-10(15(17)18)12(16)11(5-8)19-3/h4-5,7,9,14,16H,1-3H3. The van der Waals surface area contributed by atoms with E-state index in [1.807, 2.05) is 19.9 Å². The Kier molecular flexibility index (Phi) is 4.67. The van der Waals surface area contributed by atoms with Crippen molar-refractivity contribution in [2.75, 3.05) is 7.11 Å². The number of rotatable bonds is 5. The summed E-state index contributed by atoms with van der Waals surface area (Å²) in [5.41, 5.74) is -0.113. The van der Waals surface area contributed by atoms with Crippen molar-refractivity contribution in [2.45, 2.75) is 25.9 Å². The molecule has 1 atom stereocenters. The van der Waals surface area contributed by atoms with Gasteiger partial charge in [0.05, 0.1) is 18.1 Å². The van der Waals surface area contributed by atoms with Gasteiger partial charge < -0.3 is 9.84 Å². The maximum Gasteiger partial charge on any atom is 0.315 e. The number of nitrogens with one attached hydrogen (secondary N) is 1. The van der Waals surface area contributed by atoms with Crippen LogP contribution in [0, 0.1) is 21.4 Å². The van der Waals surface area contributed by atoms with E-state index in [2.05, 4.69) is 5.32 Å². The van der Waals surface area contributed by atoms with Gasteiger partial charge in [0.25, 0.3) is 0 Å². The highest BCUT2D eigenvalue weighted by molar-refractivity contribution is 5.58. The zero-order valence-electron chi connectivity index (χ0n) is 10.9. The molecule has 0 aliphatic heterocycles. The number of phenols is 1. The van der Waals surface area contributed by atoms with Gasteiger partial charge in [0, 0.05) is 12.1 Å². The first-order valence-corrected chi connectivity index (χ1v) is 5.61. The van der Waals surface area contributed by atoms with Crippen molar-refractivity contribution in [3.8, 4) is 17.6 Å². The molecule has 19 heavy (non-hydrogen) atoms. The van der Waals surface area contributed by atoms with Crippen LogP contribution in [0.15, 0.2) is 12.1 Å². The van der Waals surface area contributed by atoms with Crippen LogP contribution in [-0.4, -0.2) is 23.2 Å². The van der Waals surface area contributed by atoms with Crippen LogP contribution in [0.3, 0.4) is 0 Å². The molecule has 1 unspecified atom stereocenters. The normalized spacial score (nSPS) is 11.9. The number of nitrogens with zero attached hydrogens (tertiary/aromatic N) is 2. The third-order valence-electron chi connectivity index (χ3n) is 2.46. The van der Waals surface area contributed by atoms with E-state index in [0.717, 1.165) is 0 Å². The molecule has 0 heterocycles. The van der Waals surface area contributed by atoms with Crippen molar-refractivity contribution in [3.63, 3.8) is 0 Å². The molecule has 0 saturated heterocycles. The van der Waals surface area contributed by atoms with E-state index >= 15 is 0 Å². The average molecular weight is 265 g/mol. The molecule has 7 nitrogen and oxygen atoms in total. The van der Waals surface area contributed by atoms with Gasteiger partial charge in [-0.25, -0.2) is 0 Å². The van der Waals surface area contributed by atoms with Crippen LogP contribution in [0.2, 0.25) is 0 Å². The minimum atomic E-state index is -0.717. The summed E-state index contributed by atoms with van der Waals surface area (Å²) < 4.78 is 4.88. The summed E-state index contributed by atoms with van der Waals surface area (Å²) >= 11 is 0. The molecule has 0 fully saturated rings. The van der Waals surface area contributed by atoms with Crippen LogP contribution in [0.1, 0.15) is 25.5 Å². The molecule has 0 aromatic heterocycles. The number of hydrogen-bond acceptors (Lipinski definition) is 6. The summed E-state index contributed by atoms with van der Waals surface area (Å²) in [5, 5.41) is 32.6. The molecule has 102 valence electrons. The van der Waals surface area contributed by atoms with E-state index in [4.69, 9.17) is 10.00 Å². The molecule has 2 N–H and O–H groups in total. The lowest BCUT2D eigenvalue weighted by molar-refractivity contribution is -0.386. The number of nitro groups is 1. The van der Waals surface area contributed by atoms with Gasteiger partial charge >= 0.3 is 5.69 Å². The molecule has 0 spiro atoms. The van der Waals surface area contributed by atoms with Crippen LogP contribution >= 0.6 is 0 Å². The van der Waals surface area contributed by atoms with E-state index in [-0.39, 0.29) is 11.8 Å². The Labute approximate surface area is 110 Å². The summed E-state index contributed by atoms with van der Waals surface area (Å²) in [6.07, 6.45) is 0. The van der Waals surface area contributed by atoms with Gasteiger partial charge in [-0.1, -0.05) is 0 Å². The molecule has 0 aliphatic carbocycles. The van der Waals surface area contributed by atoms with Crippen molar-refractivity contribution in [3.05, 3.63) is 27.8 Å². The lowest BCUT2D eigenvalue weighted by atomic mass is 10.1. The molecule has 1 rings (SSSR count). The van der Waals surface area contributed by atoms with Crippen molar-refractivity contribution in [1.82, 2.24) is 5.32 Å².